The first-order valence-electron chi connectivity index (χ1n) is 7.09. The van der Waals surface area contributed by atoms with E-state index in [1.54, 1.807) is 30.3 Å². The molecule has 2 aromatic rings. The molecule has 0 atom stereocenters. The van der Waals surface area contributed by atoms with Crippen molar-refractivity contribution in [1.29, 1.82) is 0 Å². The van der Waals surface area contributed by atoms with Crippen LogP contribution in [0.25, 0.3) is 6.08 Å². The minimum atomic E-state index is -0.461. The average Bonchev–Trinajstić information content (AvgIpc) is 2.89. The van der Waals surface area contributed by atoms with Gasteiger partial charge in [-0.2, -0.15) is 0 Å². The van der Waals surface area contributed by atoms with Crippen LogP contribution in [0.15, 0.2) is 59.2 Å². The number of halogens is 1. The lowest BCUT2D eigenvalue weighted by atomic mass is 10.1. The predicted molar refractivity (Wildman–Crippen MR) is 92.8 cm³/mol. The molecule has 0 saturated heterocycles. The van der Waals surface area contributed by atoms with Crippen LogP contribution >= 0.6 is 11.6 Å². The van der Waals surface area contributed by atoms with Crippen LogP contribution in [0.5, 0.6) is 0 Å². The normalized spacial score (nSPS) is 15.5. The van der Waals surface area contributed by atoms with Gasteiger partial charge in [-0.3, -0.25) is 0 Å². The van der Waals surface area contributed by atoms with Crippen LogP contribution < -0.4 is 4.90 Å². The molecule has 0 aliphatic carbocycles. The maximum absolute atomic E-state index is 12.0. The van der Waals surface area contributed by atoms with E-state index in [0.29, 0.717) is 10.6 Å². The Kier molecular flexibility index (Phi) is 4.17. The first kappa shape index (κ1) is 15.3. The molecule has 23 heavy (non-hydrogen) atoms. The Balaban J connectivity index is 1.88. The Bertz CT molecular complexity index is 808. The second-order valence-electron chi connectivity index (χ2n) is 5.33. The van der Waals surface area contributed by atoms with E-state index in [-0.39, 0.29) is 11.6 Å². The lowest BCUT2D eigenvalue weighted by Gasteiger charge is -2.11. The van der Waals surface area contributed by atoms with Crippen molar-refractivity contribution in [2.75, 3.05) is 19.0 Å². The zero-order valence-electron chi connectivity index (χ0n) is 12.8. The number of anilines is 1. The van der Waals surface area contributed by atoms with E-state index in [1.165, 1.54) is 0 Å². The largest absolute Gasteiger partial charge is 0.402 e. The van der Waals surface area contributed by atoms with E-state index in [2.05, 4.69) is 4.99 Å². The molecule has 4 nitrogen and oxygen atoms in total. The fraction of sp³-hybridized carbons (Fsp3) is 0.111. The molecule has 0 spiro atoms. The second kappa shape index (κ2) is 6.26. The molecule has 0 unspecified atom stereocenters. The third-order valence-corrected chi connectivity index (χ3v) is 3.64. The van der Waals surface area contributed by atoms with Gasteiger partial charge in [0.25, 0.3) is 0 Å². The molecule has 1 heterocycles. The molecule has 1 aliphatic heterocycles. The van der Waals surface area contributed by atoms with Crippen LogP contribution in [-0.4, -0.2) is 26.0 Å². The van der Waals surface area contributed by atoms with Gasteiger partial charge < -0.3 is 9.64 Å². The molecule has 3 rings (SSSR count). The van der Waals surface area contributed by atoms with Crippen LogP contribution in [0.3, 0.4) is 0 Å². The Hall–Kier alpha value is -2.59. The molecule has 0 bridgehead atoms. The van der Waals surface area contributed by atoms with Crippen LogP contribution in [-0.2, 0) is 9.53 Å². The van der Waals surface area contributed by atoms with E-state index in [0.717, 1.165) is 11.3 Å². The number of hydrogen-bond acceptors (Lipinski definition) is 4. The van der Waals surface area contributed by atoms with E-state index in [4.69, 9.17) is 16.3 Å². The van der Waals surface area contributed by atoms with Gasteiger partial charge >= 0.3 is 5.97 Å². The number of hydrogen-bond donors (Lipinski definition) is 0. The summed E-state index contributed by atoms with van der Waals surface area (Å²) in [4.78, 5) is 18.3. The Labute approximate surface area is 139 Å². The van der Waals surface area contributed by atoms with Crippen LogP contribution in [0.4, 0.5) is 5.69 Å². The summed E-state index contributed by atoms with van der Waals surface area (Å²) < 4.78 is 5.23. The van der Waals surface area contributed by atoms with Crippen molar-refractivity contribution in [3.05, 3.63) is 70.4 Å². The van der Waals surface area contributed by atoms with Gasteiger partial charge in [0, 0.05) is 30.4 Å². The highest BCUT2D eigenvalue weighted by Gasteiger charge is 2.24. The molecule has 5 heteroatoms. The van der Waals surface area contributed by atoms with Gasteiger partial charge in [0.1, 0.15) is 0 Å². The quantitative estimate of drug-likeness (QED) is 0.637. The standard InChI is InChI=1S/C18H15ClN2O2/c1-21(2)15-8-6-12(7-9-15)10-16-18(22)23-17(20-16)13-4-3-5-14(19)11-13/h3-11H,1-2H3/b16-10-. The molecule has 0 fully saturated rings. The number of carbonyl (C=O) groups is 1. The number of aliphatic imine (C=N–C) groups is 1. The smallest absolute Gasteiger partial charge is 0.363 e. The van der Waals surface area contributed by atoms with E-state index in [1.807, 2.05) is 43.3 Å². The monoisotopic (exact) mass is 326 g/mol. The molecule has 0 amide bonds. The van der Waals surface area contributed by atoms with E-state index >= 15 is 0 Å². The summed E-state index contributed by atoms with van der Waals surface area (Å²) in [5.41, 5.74) is 2.93. The van der Waals surface area contributed by atoms with Crippen molar-refractivity contribution >= 4 is 35.2 Å². The Morgan fingerprint density at radius 1 is 1.13 bits per heavy atom. The van der Waals surface area contributed by atoms with Crippen molar-refractivity contribution in [3.63, 3.8) is 0 Å². The molecular formula is C18H15ClN2O2. The molecule has 2 aromatic carbocycles. The van der Waals surface area contributed by atoms with Crippen LogP contribution in [0.2, 0.25) is 5.02 Å². The number of cyclic esters (lactones) is 1. The Morgan fingerprint density at radius 3 is 2.52 bits per heavy atom. The fourth-order valence-corrected chi connectivity index (χ4v) is 2.37. The predicted octanol–water partition coefficient (Wildman–Crippen LogP) is 3.75. The summed E-state index contributed by atoms with van der Waals surface area (Å²) in [7, 11) is 3.95. The molecule has 0 radical (unpaired) electrons. The van der Waals surface area contributed by atoms with Crippen molar-refractivity contribution < 1.29 is 9.53 Å². The van der Waals surface area contributed by atoms with Gasteiger partial charge in [-0.1, -0.05) is 29.8 Å². The van der Waals surface area contributed by atoms with Gasteiger partial charge in [-0.05, 0) is 42.0 Å². The lowest BCUT2D eigenvalue weighted by Crippen LogP contribution is -2.08. The zero-order chi connectivity index (χ0) is 16.4. The molecule has 0 aromatic heterocycles. The number of esters is 1. The summed E-state index contributed by atoms with van der Waals surface area (Å²) in [5.74, 6) is -0.190. The number of rotatable bonds is 3. The minimum Gasteiger partial charge on any atom is -0.402 e. The van der Waals surface area contributed by atoms with Gasteiger partial charge in [-0.15, -0.1) is 0 Å². The van der Waals surface area contributed by atoms with Crippen molar-refractivity contribution in [1.82, 2.24) is 0 Å². The van der Waals surface area contributed by atoms with Crippen molar-refractivity contribution in [2.24, 2.45) is 4.99 Å². The van der Waals surface area contributed by atoms with Crippen molar-refractivity contribution in [2.45, 2.75) is 0 Å². The molecular weight excluding hydrogens is 312 g/mol. The van der Waals surface area contributed by atoms with E-state index < -0.39 is 5.97 Å². The van der Waals surface area contributed by atoms with Gasteiger partial charge in [0.2, 0.25) is 5.90 Å². The number of carbonyl (C=O) groups excluding carboxylic acids is 1. The third kappa shape index (κ3) is 3.43. The Morgan fingerprint density at radius 2 is 1.87 bits per heavy atom. The molecule has 116 valence electrons. The fourth-order valence-electron chi connectivity index (χ4n) is 2.18. The number of ether oxygens (including phenoxy) is 1. The number of nitrogens with zero attached hydrogens (tertiary/aromatic N) is 2. The summed E-state index contributed by atoms with van der Waals surface area (Å²) in [6.07, 6.45) is 1.71. The highest BCUT2D eigenvalue weighted by molar-refractivity contribution is 6.31. The zero-order valence-corrected chi connectivity index (χ0v) is 13.5. The van der Waals surface area contributed by atoms with E-state index in [9.17, 15) is 4.79 Å². The average molecular weight is 327 g/mol. The van der Waals surface area contributed by atoms with Crippen LogP contribution in [0, 0.1) is 0 Å². The second-order valence-corrected chi connectivity index (χ2v) is 5.77. The SMILES string of the molecule is CN(C)c1ccc(/C=C2\N=C(c3cccc(Cl)c3)OC2=O)cc1. The van der Waals surface area contributed by atoms with Crippen LogP contribution in [0.1, 0.15) is 11.1 Å². The first-order valence-corrected chi connectivity index (χ1v) is 7.46. The molecule has 1 aliphatic rings. The summed E-state index contributed by atoms with van der Waals surface area (Å²) in [6, 6.07) is 14.9. The van der Waals surface area contributed by atoms with Crippen molar-refractivity contribution in [3.8, 4) is 0 Å². The van der Waals surface area contributed by atoms with Gasteiger partial charge in [-0.25, -0.2) is 9.79 Å². The maximum atomic E-state index is 12.0. The summed E-state index contributed by atoms with van der Waals surface area (Å²) >= 11 is 5.95. The molecule has 0 N–H and O–H groups in total. The first-order chi connectivity index (χ1) is 11.0. The summed E-state index contributed by atoms with van der Waals surface area (Å²) in [5, 5.41) is 0.568. The third-order valence-electron chi connectivity index (χ3n) is 3.40. The highest BCUT2D eigenvalue weighted by Crippen LogP contribution is 2.21. The minimum absolute atomic E-state index is 0.272. The van der Waals surface area contributed by atoms with Gasteiger partial charge in [0.05, 0.1) is 0 Å². The molecule has 0 saturated carbocycles. The lowest BCUT2D eigenvalue weighted by molar-refractivity contribution is -0.129. The summed E-state index contributed by atoms with van der Waals surface area (Å²) in [6.45, 7) is 0. The number of benzene rings is 2. The van der Waals surface area contributed by atoms with Gasteiger partial charge in [0.15, 0.2) is 5.70 Å². The highest BCUT2D eigenvalue weighted by atomic mass is 35.5. The maximum Gasteiger partial charge on any atom is 0.363 e. The topological polar surface area (TPSA) is 41.9 Å².